The summed E-state index contributed by atoms with van der Waals surface area (Å²) < 4.78 is 21.4. The first-order valence-corrected chi connectivity index (χ1v) is 9.13. The highest BCUT2D eigenvalue weighted by Crippen LogP contribution is 2.30. The van der Waals surface area contributed by atoms with Crippen LogP contribution in [0.25, 0.3) is 17.3 Å². The van der Waals surface area contributed by atoms with Gasteiger partial charge in [-0.1, -0.05) is 47.7 Å². The van der Waals surface area contributed by atoms with Crippen molar-refractivity contribution in [1.29, 1.82) is 0 Å². The zero-order chi connectivity index (χ0) is 17.9. The maximum atomic E-state index is 13.9. The molecule has 0 radical (unpaired) electrons. The van der Waals surface area contributed by atoms with Crippen LogP contribution in [0.15, 0.2) is 76.5 Å². The van der Waals surface area contributed by atoms with Crippen molar-refractivity contribution in [2.24, 2.45) is 0 Å². The highest BCUT2D eigenvalue weighted by atomic mass is 32.2. The quantitative estimate of drug-likeness (QED) is 0.452. The Bertz CT molecular complexity index is 1010. The molecule has 0 aliphatic carbocycles. The normalized spacial score (nSPS) is 11.0. The van der Waals surface area contributed by atoms with Crippen molar-refractivity contribution in [1.82, 2.24) is 14.8 Å². The Kier molecular flexibility index (Phi) is 4.58. The summed E-state index contributed by atoms with van der Waals surface area (Å²) in [6, 6.07) is 18.5. The van der Waals surface area contributed by atoms with Gasteiger partial charge in [0.25, 0.3) is 0 Å². The molecular weight excluding hydrogens is 349 g/mol. The summed E-state index contributed by atoms with van der Waals surface area (Å²) >= 11 is 1.44. The standard InChI is InChI=1S/C20H16FN3OS/c1-14-8-10-16(11-9-14)24-19(18-7-4-12-25-18)22-23-20(24)26-13-15-5-2-3-6-17(15)21/h2-12H,13H2,1H3. The molecule has 0 fully saturated rings. The van der Waals surface area contributed by atoms with Crippen molar-refractivity contribution in [3.63, 3.8) is 0 Å². The third kappa shape index (κ3) is 3.28. The lowest BCUT2D eigenvalue weighted by molar-refractivity contribution is 0.575. The molecule has 0 saturated carbocycles. The van der Waals surface area contributed by atoms with Crippen molar-refractivity contribution >= 4 is 11.8 Å². The fourth-order valence-electron chi connectivity index (χ4n) is 2.61. The first-order valence-electron chi connectivity index (χ1n) is 8.15. The Morgan fingerprint density at radius 1 is 1.00 bits per heavy atom. The number of rotatable bonds is 5. The molecule has 0 saturated heterocycles. The molecule has 4 aromatic rings. The van der Waals surface area contributed by atoms with Crippen LogP contribution in [-0.2, 0) is 5.75 Å². The van der Waals surface area contributed by atoms with Crippen molar-refractivity contribution in [2.45, 2.75) is 17.8 Å². The van der Waals surface area contributed by atoms with Crippen LogP contribution < -0.4 is 0 Å². The molecule has 26 heavy (non-hydrogen) atoms. The van der Waals surface area contributed by atoms with E-state index in [0.29, 0.717) is 28.1 Å². The molecule has 0 amide bonds. The molecule has 130 valence electrons. The third-order valence-electron chi connectivity index (χ3n) is 3.98. The number of furan rings is 1. The smallest absolute Gasteiger partial charge is 0.205 e. The second-order valence-corrected chi connectivity index (χ2v) is 6.78. The van der Waals surface area contributed by atoms with Crippen LogP contribution in [0, 0.1) is 12.7 Å². The first-order chi connectivity index (χ1) is 12.7. The number of nitrogens with zero attached hydrogens (tertiary/aromatic N) is 3. The molecule has 0 spiro atoms. The molecule has 6 heteroatoms. The molecule has 4 nitrogen and oxygen atoms in total. The maximum absolute atomic E-state index is 13.9. The minimum atomic E-state index is -0.215. The molecule has 0 N–H and O–H groups in total. The molecule has 0 bridgehead atoms. The predicted molar refractivity (Wildman–Crippen MR) is 99.8 cm³/mol. The molecule has 2 heterocycles. The molecule has 2 aromatic carbocycles. The lowest BCUT2D eigenvalue weighted by atomic mass is 10.2. The van der Waals surface area contributed by atoms with Gasteiger partial charge in [0.15, 0.2) is 10.9 Å². The summed E-state index contributed by atoms with van der Waals surface area (Å²) in [4.78, 5) is 0. The summed E-state index contributed by atoms with van der Waals surface area (Å²) in [5, 5.41) is 9.29. The topological polar surface area (TPSA) is 43.9 Å². The van der Waals surface area contributed by atoms with Gasteiger partial charge in [0.05, 0.1) is 6.26 Å². The van der Waals surface area contributed by atoms with Crippen LogP contribution in [0.1, 0.15) is 11.1 Å². The number of thioether (sulfide) groups is 1. The van der Waals surface area contributed by atoms with Crippen LogP contribution in [0.3, 0.4) is 0 Å². The first kappa shape index (κ1) is 16.6. The van der Waals surface area contributed by atoms with Crippen molar-refractivity contribution < 1.29 is 8.81 Å². The minimum Gasteiger partial charge on any atom is -0.461 e. The van der Waals surface area contributed by atoms with Gasteiger partial charge in [-0.05, 0) is 42.8 Å². The second-order valence-electron chi connectivity index (χ2n) is 5.83. The summed E-state index contributed by atoms with van der Waals surface area (Å²) in [5.74, 6) is 1.51. The van der Waals surface area contributed by atoms with Gasteiger partial charge in [-0.25, -0.2) is 4.39 Å². The highest BCUT2D eigenvalue weighted by molar-refractivity contribution is 7.98. The average Bonchev–Trinajstić information content (AvgIpc) is 3.31. The Hall–Kier alpha value is -2.86. The van der Waals surface area contributed by atoms with E-state index in [4.69, 9.17) is 4.42 Å². The van der Waals surface area contributed by atoms with Gasteiger partial charge in [-0.2, -0.15) is 0 Å². The van der Waals surface area contributed by atoms with Crippen LogP contribution in [0.2, 0.25) is 0 Å². The van der Waals surface area contributed by atoms with E-state index in [1.165, 1.54) is 23.4 Å². The van der Waals surface area contributed by atoms with Gasteiger partial charge < -0.3 is 4.42 Å². The van der Waals surface area contributed by atoms with Gasteiger partial charge in [0.1, 0.15) is 5.82 Å². The molecule has 0 atom stereocenters. The third-order valence-corrected chi connectivity index (χ3v) is 4.96. The minimum absolute atomic E-state index is 0.215. The highest BCUT2D eigenvalue weighted by Gasteiger charge is 2.18. The summed E-state index contributed by atoms with van der Waals surface area (Å²) in [6.45, 7) is 2.04. The van der Waals surface area contributed by atoms with Gasteiger partial charge in [-0.3, -0.25) is 4.57 Å². The zero-order valence-corrected chi connectivity index (χ0v) is 14.9. The monoisotopic (exact) mass is 365 g/mol. The fourth-order valence-corrected chi connectivity index (χ4v) is 3.55. The number of halogens is 1. The van der Waals surface area contributed by atoms with E-state index in [0.717, 1.165) is 5.69 Å². The number of aromatic nitrogens is 3. The lowest BCUT2D eigenvalue weighted by Crippen LogP contribution is -1.99. The largest absolute Gasteiger partial charge is 0.461 e. The number of aryl methyl sites for hydroxylation is 1. The van der Waals surface area contributed by atoms with Crippen LogP contribution in [0.5, 0.6) is 0 Å². The fraction of sp³-hybridized carbons (Fsp3) is 0.100. The summed E-state index contributed by atoms with van der Waals surface area (Å²) in [7, 11) is 0. The number of hydrogen-bond acceptors (Lipinski definition) is 4. The van der Waals surface area contributed by atoms with E-state index in [-0.39, 0.29) is 5.82 Å². The predicted octanol–water partition coefficient (Wildman–Crippen LogP) is 5.27. The van der Waals surface area contributed by atoms with Gasteiger partial charge >= 0.3 is 0 Å². The van der Waals surface area contributed by atoms with Crippen LogP contribution >= 0.6 is 11.8 Å². The van der Waals surface area contributed by atoms with Gasteiger partial charge in [0, 0.05) is 11.4 Å². The van der Waals surface area contributed by atoms with Crippen molar-refractivity contribution in [2.75, 3.05) is 0 Å². The SMILES string of the molecule is Cc1ccc(-n2c(SCc3ccccc3F)nnc2-c2ccco2)cc1. The van der Waals surface area contributed by atoms with Crippen molar-refractivity contribution in [3.8, 4) is 17.3 Å². The van der Waals surface area contributed by atoms with Crippen LogP contribution in [0.4, 0.5) is 4.39 Å². The average molecular weight is 365 g/mol. The molecule has 0 unspecified atom stereocenters. The van der Waals surface area contributed by atoms with E-state index in [9.17, 15) is 4.39 Å². The molecule has 2 aromatic heterocycles. The van der Waals surface area contributed by atoms with E-state index in [1.807, 2.05) is 54.0 Å². The Morgan fingerprint density at radius 3 is 2.54 bits per heavy atom. The van der Waals surface area contributed by atoms with Crippen LogP contribution in [-0.4, -0.2) is 14.8 Å². The second kappa shape index (κ2) is 7.17. The van der Waals surface area contributed by atoms with E-state index < -0.39 is 0 Å². The molecule has 0 aliphatic rings. The lowest BCUT2D eigenvalue weighted by Gasteiger charge is -2.10. The Labute approximate surface area is 154 Å². The molecule has 0 aliphatic heterocycles. The Balaban J connectivity index is 1.72. The van der Waals surface area contributed by atoms with Gasteiger partial charge in [-0.15, -0.1) is 10.2 Å². The zero-order valence-electron chi connectivity index (χ0n) is 14.1. The number of benzene rings is 2. The van der Waals surface area contributed by atoms with Crippen molar-refractivity contribution in [3.05, 3.63) is 83.9 Å². The molecule has 4 rings (SSSR count). The van der Waals surface area contributed by atoms with E-state index in [1.54, 1.807) is 18.4 Å². The summed E-state index contributed by atoms with van der Waals surface area (Å²) in [5.41, 5.74) is 2.74. The van der Waals surface area contributed by atoms with Gasteiger partial charge in [0.2, 0.25) is 5.82 Å². The van der Waals surface area contributed by atoms with E-state index >= 15 is 0 Å². The Morgan fingerprint density at radius 2 is 1.81 bits per heavy atom. The summed E-state index contributed by atoms with van der Waals surface area (Å²) in [6.07, 6.45) is 1.61. The maximum Gasteiger partial charge on any atom is 0.205 e. The molecular formula is C20H16FN3OS. The van der Waals surface area contributed by atoms with E-state index in [2.05, 4.69) is 10.2 Å². The number of hydrogen-bond donors (Lipinski definition) is 0.